The van der Waals surface area contributed by atoms with Gasteiger partial charge in [-0.1, -0.05) is 45.4 Å². The molecule has 0 spiro atoms. The van der Waals surface area contributed by atoms with Crippen LogP contribution in [0.2, 0.25) is 0 Å². The summed E-state index contributed by atoms with van der Waals surface area (Å²) in [5.41, 5.74) is 4.56. The Balaban J connectivity index is 1.59. The van der Waals surface area contributed by atoms with Crippen LogP contribution in [-0.4, -0.2) is 32.3 Å². The van der Waals surface area contributed by atoms with Crippen LogP contribution in [0.25, 0.3) is 0 Å². The van der Waals surface area contributed by atoms with E-state index in [2.05, 4.69) is 36.8 Å². The van der Waals surface area contributed by atoms with Crippen LogP contribution in [0.15, 0.2) is 46.0 Å². The molecule has 32 heavy (non-hydrogen) atoms. The lowest BCUT2D eigenvalue weighted by molar-refractivity contribution is -0.113. The molecule has 1 heterocycles. The van der Waals surface area contributed by atoms with Gasteiger partial charge in [-0.05, 0) is 63.1 Å². The third-order valence-corrected chi connectivity index (χ3v) is 6.95. The molecular formula is C23H26BrN5O2S. The maximum atomic E-state index is 12.5. The number of rotatable bonds is 8. The van der Waals surface area contributed by atoms with Gasteiger partial charge in [0.2, 0.25) is 5.91 Å². The van der Waals surface area contributed by atoms with Crippen molar-refractivity contribution in [1.82, 2.24) is 20.1 Å². The number of thioether (sulfide) groups is 1. The Labute approximate surface area is 200 Å². The second kappa shape index (κ2) is 10.8. The van der Waals surface area contributed by atoms with Gasteiger partial charge in [-0.3, -0.25) is 9.59 Å². The van der Waals surface area contributed by atoms with Crippen LogP contribution in [0.4, 0.5) is 5.69 Å². The minimum absolute atomic E-state index is 0.111. The van der Waals surface area contributed by atoms with Gasteiger partial charge in [-0.15, -0.1) is 10.2 Å². The number of hydrogen-bond acceptors (Lipinski definition) is 5. The van der Waals surface area contributed by atoms with Crippen LogP contribution < -0.4 is 10.6 Å². The number of aromatic nitrogens is 3. The van der Waals surface area contributed by atoms with E-state index in [4.69, 9.17) is 0 Å². The third-order valence-electron chi connectivity index (χ3n) is 5.12. The normalized spacial score (nSPS) is 10.8. The van der Waals surface area contributed by atoms with E-state index >= 15 is 0 Å². The molecule has 0 radical (unpaired) electrons. The number of halogens is 1. The van der Waals surface area contributed by atoms with Crippen LogP contribution in [0.1, 0.15) is 39.8 Å². The number of amides is 2. The third kappa shape index (κ3) is 5.77. The first-order valence-corrected chi connectivity index (χ1v) is 12.0. The van der Waals surface area contributed by atoms with Gasteiger partial charge in [0.25, 0.3) is 5.91 Å². The number of benzene rings is 2. The summed E-state index contributed by atoms with van der Waals surface area (Å²) >= 11 is 4.82. The summed E-state index contributed by atoms with van der Waals surface area (Å²) in [5, 5.41) is 14.9. The Morgan fingerprint density at radius 2 is 1.88 bits per heavy atom. The van der Waals surface area contributed by atoms with Crippen LogP contribution >= 0.6 is 27.7 Å². The van der Waals surface area contributed by atoms with Crippen molar-refractivity contribution in [3.63, 3.8) is 0 Å². The maximum absolute atomic E-state index is 12.5. The highest BCUT2D eigenvalue weighted by molar-refractivity contribution is 9.10. The highest BCUT2D eigenvalue weighted by atomic mass is 79.9. The summed E-state index contributed by atoms with van der Waals surface area (Å²) in [6.45, 7) is 8.81. The smallest absolute Gasteiger partial charge is 0.251 e. The number of nitrogens with one attached hydrogen (secondary N) is 2. The van der Waals surface area contributed by atoms with Crippen molar-refractivity contribution < 1.29 is 9.59 Å². The largest absolute Gasteiger partial charge is 0.345 e. The fraction of sp³-hybridized carbons (Fsp3) is 0.304. The zero-order valence-corrected chi connectivity index (χ0v) is 20.9. The second-order valence-corrected chi connectivity index (χ2v) is 9.17. The van der Waals surface area contributed by atoms with Crippen molar-refractivity contribution in [1.29, 1.82) is 0 Å². The molecule has 3 aromatic rings. The summed E-state index contributed by atoms with van der Waals surface area (Å²) in [4.78, 5) is 24.9. The fourth-order valence-electron chi connectivity index (χ4n) is 3.16. The predicted molar refractivity (Wildman–Crippen MR) is 131 cm³/mol. The molecule has 168 valence electrons. The quantitative estimate of drug-likeness (QED) is 0.426. The summed E-state index contributed by atoms with van der Waals surface area (Å²) < 4.78 is 2.92. The zero-order chi connectivity index (χ0) is 23.3. The van der Waals surface area contributed by atoms with E-state index in [0.29, 0.717) is 23.1 Å². The Bertz CT molecular complexity index is 1150. The molecule has 1 aromatic heterocycles. The van der Waals surface area contributed by atoms with E-state index < -0.39 is 0 Å². The molecule has 0 bridgehead atoms. The van der Waals surface area contributed by atoms with Gasteiger partial charge in [0, 0.05) is 22.3 Å². The lowest BCUT2D eigenvalue weighted by atomic mass is 10.1. The monoisotopic (exact) mass is 515 g/mol. The predicted octanol–water partition coefficient (Wildman–Crippen LogP) is 4.65. The van der Waals surface area contributed by atoms with Gasteiger partial charge >= 0.3 is 0 Å². The topological polar surface area (TPSA) is 88.9 Å². The Kier molecular flexibility index (Phi) is 8.09. The molecule has 2 N–H and O–H groups in total. The Morgan fingerprint density at radius 1 is 1.09 bits per heavy atom. The van der Waals surface area contributed by atoms with E-state index in [-0.39, 0.29) is 24.1 Å². The van der Waals surface area contributed by atoms with E-state index in [1.54, 1.807) is 6.07 Å². The van der Waals surface area contributed by atoms with Crippen molar-refractivity contribution in [2.45, 2.75) is 45.9 Å². The van der Waals surface area contributed by atoms with Crippen LogP contribution in [0, 0.1) is 20.8 Å². The van der Waals surface area contributed by atoms with E-state index in [1.165, 1.54) is 11.8 Å². The number of nitrogens with zero attached hydrogens (tertiary/aromatic N) is 3. The zero-order valence-electron chi connectivity index (χ0n) is 18.5. The minimum Gasteiger partial charge on any atom is -0.345 e. The number of hydrogen-bond donors (Lipinski definition) is 2. The molecule has 2 amide bonds. The van der Waals surface area contributed by atoms with Crippen molar-refractivity contribution >= 4 is 45.2 Å². The molecule has 3 rings (SSSR count). The highest BCUT2D eigenvalue weighted by Crippen LogP contribution is 2.26. The average molecular weight is 516 g/mol. The number of aryl methyl sites for hydroxylation is 1. The first-order chi connectivity index (χ1) is 15.3. The molecule has 9 heteroatoms. The first kappa shape index (κ1) is 24.0. The van der Waals surface area contributed by atoms with Gasteiger partial charge in [0.15, 0.2) is 11.0 Å². The number of carbonyl (C=O) groups excluding carboxylic acids is 2. The molecule has 0 saturated heterocycles. The van der Waals surface area contributed by atoms with Gasteiger partial charge < -0.3 is 15.2 Å². The lowest BCUT2D eigenvalue weighted by Gasteiger charge is -2.12. The van der Waals surface area contributed by atoms with Crippen LogP contribution in [0.3, 0.4) is 0 Å². The van der Waals surface area contributed by atoms with Crippen LogP contribution in [0.5, 0.6) is 0 Å². The van der Waals surface area contributed by atoms with Gasteiger partial charge in [0.05, 0.1) is 12.3 Å². The molecule has 0 aliphatic heterocycles. The summed E-state index contributed by atoms with van der Waals surface area (Å²) in [7, 11) is 0. The summed E-state index contributed by atoms with van der Waals surface area (Å²) in [6, 6.07) is 11.2. The number of anilines is 1. The van der Waals surface area contributed by atoms with Crippen molar-refractivity contribution in [3.05, 3.63) is 68.9 Å². The standard InChI is InChI=1S/C23H26BrN5O2S/c1-5-29-20(12-25-22(31)17-8-6-7-14(2)11-17)27-28-23(29)32-13-21(30)26-19-10-9-18(24)15(3)16(19)4/h6-11H,5,12-13H2,1-4H3,(H,25,31)(H,26,30). The van der Waals surface area contributed by atoms with E-state index in [9.17, 15) is 9.59 Å². The Morgan fingerprint density at radius 3 is 2.59 bits per heavy atom. The van der Waals surface area contributed by atoms with Crippen molar-refractivity contribution in [2.24, 2.45) is 0 Å². The molecular weight excluding hydrogens is 490 g/mol. The number of carbonyl (C=O) groups is 2. The highest BCUT2D eigenvalue weighted by Gasteiger charge is 2.15. The average Bonchev–Trinajstić information content (AvgIpc) is 3.18. The van der Waals surface area contributed by atoms with Crippen LogP contribution in [-0.2, 0) is 17.9 Å². The van der Waals surface area contributed by atoms with Gasteiger partial charge in [-0.25, -0.2) is 0 Å². The van der Waals surface area contributed by atoms with E-state index in [1.807, 2.05) is 62.6 Å². The molecule has 0 saturated carbocycles. The van der Waals surface area contributed by atoms with E-state index in [0.717, 1.165) is 26.9 Å². The second-order valence-electron chi connectivity index (χ2n) is 7.38. The molecule has 7 nitrogen and oxygen atoms in total. The molecule has 0 aliphatic rings. The maximum Gasteiger partial charge on any atom is 0.251 e. The molecule has 2 aromatic carbocycles. The van der Waals surface area contributed by atoms with Gasteiger partial charge in [0.1, 0.15) is 0 Å². The Hall–Kier alpha value is -2.65. The summed E-state index contributed by atoms with van der Waals surface area (Å²) in [6.07, 6.45) is 0. The van der Waals surface area contributed by atoms with Gasteiger partial charge in [-0.2, -0.15) is 0 Å². The fourth-order valence-corrected chi connectivity index (χ4v) is 4.41. The molecule has 0 fully saturated rings. The van der Waals surface area contributed by atoms with Crippen molar-refractivity contribution in [3.8, 4) is 0 Å². The molecule has 0 atom stereocenters. The molecule has 0 unspecified atom stereocenters. The SMILES string of the molecule is CCn1c(CNC(=O)c2cccc(C)c2)nnc1SCC(=O)Nc1ccc(Br)c(C)c1C. The summed E-state index contributed by atoms with van der Waals surface area (Å²) in [5.74, 6) is 0.589. The minimum atomic E-state index is -0.159. The lowest BCUT2D eigenvalue weighted by Crippen LogP contribution is -2.25. The van der Waals surface area contributed by atoms with Crippen molar-refractivity contribution in [2.75, 3.05) is 11.1 Å². The molecule has 0 aliphatic carbocycles. The first-order valence-electron chi connectivity index (χ1n) is 10.3.